The predicted octanol–water partition coefficient (Wildman–Crippen LogP) is 1.50. The van der Waals surface area contributed by atoms with E-state index < -0.39 is 0 Å². The second-order valence-electron chi connectivity index (χ2n) is 9.08. The summed E-state index contributed by atoms with van der Waals surface area (Å²) in [5.41, 5.74) is 2.39. The number of aromatic amines is 1. The van der Waals surface area contributed by atoms with Crippen LogP contribution in [0.3, 0.4) is 0 Å². The highest BCUT2D eigenvalue weighted by molar-refractivity contribution is 5.80. The van der Waals surface area contributed by atoms with E-state index in [2.05, 4.69) is 20.5 Å². The summed E-state index contributed by atoms with van der Waals surface area (Å²) < 4.78 is 18.6. The van der Waals surface area contributed by atoms with Gasteiger partial charge in [-0.15, -0.1) is 5.10 Å². The van der Waals surface area contributed by atoms with Crippen molar-refractivity contribution in [3.8, 4) is 11.5 Å². The first-order chi connectivity index (χ1) is 17.6. The van der Waals surface area contributed by atoms with Crippen molar-refractivity contribution in [2.24, 2.45) is 0 Å². The Morgan fingerprint density at radius 2 is 1.94 bits per heavy atom. The van der Waals surface area contributed by atoms with Gasteiger partial charge >= 0.3 is 0 Å². The largest absolute Gasteiger partial charge is 0.497 e. The van der Waals surface area contributed by atoms with Crippen molar-refractivity contribution in [3.05, 3.63) is 75.8 Å². The first kappa shape index (κ1) is 24.0. The lowest BCUT2D eigenvalue weighted by molar-refractivity contribution is -0.942. The van der Waals surface area contributed by atoms with Crippen LogP contribution < -0.4 is 19.9 Å². The highest BCUT2D eigenvalue weighted by atomic mass is 16.5. The fraction of sp³-hybridized carbons (Fsp3) is 0.385. The molecule has 2 aromatic carbocycles. The molecule has 1 aliphatic heterocycles. The Balaban J connectivity index is 1.45. The molecule has 4 aromatic rings. The monoisotopic (exact) mass is 491 g/mol. The summed E-state index contributed by atoms with van der Waals surface area (Å²) in [6, 6.07) is 15.5. The molecule has 0 aliphatic carbocycles. The average molecular weight is 492 g/mol. The third kappa shape index (κ3) is 5.39. The maximum Gasteiger partial charge on any atom is 0.257 e. The van der Waals surface area contributed by atoms with E-state index in [1.807, 2.05) is 53.2 Å². The van der Waals surface area contributed by atoms with Gasteiger partial charge in [-0.3, -0.25) is 4.79 Å². The fourth-order valence-corrected chi connectivity index (χ4v) is 4.76. The van der Waals surface area contributed by atoms with Crippen LogP contribution in [0.25, 0.3) is 10.9 Å². The van der Waals surface area contributed by atoms with Crippen LogP contribution in [0.5, 0.6) is 11.5 Å². The summed E-state index contributed by atoms with van der Waals surface area (Å²) in [4.78, 5) is 17.1. The van der Waals surface area contributed by atoms with Gasteiger partial charge in [-0.2, -0.15) is 0 Å². The van der Waals surface area contributed by atoms with E-state index in [1.165, 1.54) is 0 Å². The first-order valence-corrected chi connectivity index (χ1v) is 12.1. The molecule has 0 spiro atoms. The Bertz CT molecular complexity index is 1380. The van der Waals surface area contributed by atoms with Gasteiger partial charge in [0.25, 0.3) is 5.56 Å². The number of hydrogen-bond acceptors (Lipinski definition) is 7. The Morgan fingerprint density at radius 3 is 2.75 bits per heavy atom. The maximum absolute atomic E-state index is 13.0. The van der Waals surface area contributed by atoms with Crippen LogP contribution in [0.15, 0.2) is 53.3 Å². The zero-order valence-electron chi connectivity index (χ0n) is 20.6. The molecule has 10 heteroatoms. The van der Waals surface area contributed by atoms with Gasteiger partial charge in [0.1, 0.15) is 31.1 Å². The first-order valence-electron chi connectivity index (χ1n) is 12.1. The number of para-hydroxylation sites is 1. The van der Waals surface area contributed by atoms with Gasteiger partial charge < -0.3 is 24.1 Å². The fourth-order valence-electron chi connectivity index (χ4n) is 4.76. The lowest BCUT2D eigenvalue weighted by Gasteiger charge is -2.21. The van der Waals surface area contributed by atoms with Crippen LogP contribution in [-0.4, -0.2) is 52.1 Å². The van der Waals surface area contributed by atoms with E-state index in [0.29, 0.717) is 31.7 Å². The van der Waals surface area contributed by atoms with E-state index in [1.54, 1.807) is 14.2 Å². The Morgan fingerprint density at radius 1 is 1.08 bits per heavy atom. The normalized spacial score (nSPS) is 16.3. The molecule has 2 N–H and O–H groups in total. The molecule has 10 nitrogen and oxygen atoms in total. The van der Waals surface area contributed by atoms with Crippen molar-refractivity contribution >= 4 is 10.9 Å². The summed E-state index contributed by atoms with van der Waals surface area (Å²) in [7, 11) is 3.30. The molecule has 0 saturated carbocycles. The smallest absolute Gasteiger partial charge is 0.257 e. The van der Waals surface area contributed by atoms with Crippen LogP contribution in [0.4, 0.5) is 0 Å². The molecule has 5 rings (SSSR count). The second-order valence-corrected chi connectivity index (χ2v) is 9.08. The molecule has 3 heterocycles. The van der Waals surface area contributed by atoms with Crippen LogP contribution in [0, 0.1) is 0 Å². The molecule has 188 valence electrons. The molecular weight excluding hydrogens is 460 g/mol. The molecule has 1 saturated heterocycles. The second kappa shape index (κ2) is 10.9. The number of pyridine rings is 1. The Kier molecular flexibility index (Phi) is 7.24. The maximum atomic E-state index is 13.0. The molecule has 2 aromatic heterocycles. The van der Waals surface area contributed by atoms with Gasteiger partial charge in [0, 0.05) is 23.1 Å². The number of quaternary nitrogens is 1. The molecule has 1 aliphatic rings. The SMILES string of the molecule is COc1ccc2[nH]c(=O)c(C[NH+](Cc3ccccc3OC)Cc3nnnn3C[C@H]3CCCO3)cc2c1. The summed E-state index contributed by atoms with van der Waals surface area (Å²) in [6.07, 6.45) is 2.19. The number of nitrogens with zero attached hydrogens (tertiary/aromatic N) is 4. The van der Waals surface area contributed by atoms with Gasteiger partial charge in [-0.05, 0) is 59.7 Å². The number of fused-ring (bicyclic) bond motifs is 1. The number of ether oxygens (including phenoxy) is 3. The average Bonchev–Trinajstić information content (AvgIpc) is 3.57. The lowest BCUT2D eigenvalue weighted by atomic mass is 10.1. The van der Waals surface area contributed by atoms with Crippen molar-refractivity contribution in [3.63, 3.8) is 0 Å². The van der Waals surface area contributed by atoms with E-state index in [0.717, 1.165) is 58.1 Å². The number of methoxy groups -OCH3 is 2. The van der Waals surface area contributed by atoms with E-state index in [-0.39, 0.29) is 11.7 Å². The quantitative estimate of drug-likeness (QED) is 0.346. The number of tetrazole rings is 1. The number of nitrogens with one attached hydrogen (secondary N) is 2. The molecule has 0 bridgehead atoms. The Hall–Kier alpha value is -3.76. The minimum absolute atomic E-state index is 0.107. The molecule has 0 radical (unpaired) electrons. The van der Waals surface area contributed by atoms with Crippen molar-refractivity contribution in [1.29, 1.82) is 0 Å². The third-order valence-corrected chi connectivity index (χ3v) is 6.62. The topological polar surface area (TPSA) is 109 Å². The van der Waals surface area contributed by atoms with Crippen LogP contribution in [-0.2, 0) is 30.9 Å². The van der Waals surface area contributed by atoms with Crippen molar-refractivity contribution in [1.82, 2.24) is 25.2 Å². The summed E-state index contributed by atoms with van der Waals surface area (Å²) in [5, 5.41) is 13.4. The molecule has 36 heavy (non-hydrogen) atoms. The van der Waals surface area contributed by atoms with E-state index in [4.69, 9.17) is 14.2 Å². The van der Waals surface area contributed by atoms with Crippen molar-refractivity contribution in [2.45, 2.75) is 45.1 Å². The number of benzene rings is 2. The summed E-state index contributed by atoms with van der Waals surface area (Å²) in [6.45, 7) is 3.05. The molecule has 2 atom stereocenters. The summed E-state index contributed by atoms with van der Waals surface area (Å²) in [5.74, 6) is 2.31. The zero-order valence-corrected chi connectivity index (χ0v) is 20.6. The standard InChI is InChI=1S/C26H30N6O4/c1-34-21-9-10-23-19(13-21)12-20(26(33)27-23)15-31(14-18-6-3-4-8-24(18)35-2)17-25-28-29-30-32(25)16-22-7-5-11-36-22/h3-4,6,8-10,12-13,22H,5,7,11,14-17H2,1-2H3,(H,27,33)/p+1/t22-/m1/s1. The van der Waals surface area contributed by atoms with Gasteiger partial charge in [-0.25, -0.2) is 4.68 Å². The van der Waals surface area contributed by atoms with Crippen molar-refractivity contribution < 1.29 is 19.1 Å². The molecule has 0 amide bonds. The Labute approximate surface area is 208 Å². The number of H-pyrrole nitrogens is 1. The zero-order chi connectivity index (χ0) is 24.9. The van der Waals surface area contributed by atoms with Crippen LogP contribution in [0.2, 0.25) is 0 Å². The number of hydrogen-bond donors (Lipinski definition) is 2. The van der Waals surface area contributed by atoms with E-state index >= 15 is 0 Å². The van der Waals surface area contributed by atoms with Gasteiger partial charge in [0.05, 0.1) is 32.4 Å². The minimum atomic E-state index is -0.107. The van der Waals surface area contributed by atoms with Gasteiger partial charge in [0.15, 0.2) is 0 Å². The van der Waals surface area contributed by atoms with E-state index in [9.17, 15) is 4.79 Å². The van der Waals surface area contributed by atoms with Crippen LogP contribution in [0.1, 0.15) is 29.8 Å². The third-order valence-electron chi connectivity index (χ3n) is 6.62. The minimum Gasteiger partial charge on any atom is -0.497 e. The number of rotatable bonds is 10. The van der Waals surface area contributed by atoms with Gasteiger partial charge in [0.2, 0.25) is 5.82 Å². The van der Waals surface area contributed by atoms with Crippen molar-refractivity contribution in [2.75, 3.05) is 20.8 Å². The molecule has 1 unspecified atom stereocenters. The van der Waals surface area contributed by atoms with Crippen LogP contribution >= 0.6 is 0 Å². The highest BCUT2D eigenvalue weighted by Gasteiger charge is 2.23. The molecule has 1 fully saturated rings. The predicted molar refractivity (Wildman–Crippen MR) is 133 cm³/mol. The van der Waals surface area contributed by atoms with Gasteiger partial charge in [-0.1, -0.05) is 12.1 Å². The molecular formula is C26H31N6O4+. The highest BCUT2D eigenvalue weighted by Crippen LogP contribution is 2.19. The summed E-state index contributed by atoms with van der Waals surface area (Å²) >= 11 is 0. The number of aromatic nitrogens is 5. The lowest BCUT2D eigenvalue weighted by Crippen LogP contribution is -3.08.